The Hall–Kier alpha value is -1.42. The van der Waals surface area contributed by atoms with Crippen LogP contribution in [0.4, 0.5) is 4.39 Å². The SMILES string of the molecule is CC(C)(NC(=O)C1CCCCN1)c1ccc(F)cc1. The first-order valence-corrected chi connectivity index (χ1v) is 6.80. The van der Waals surface area contributed by atoms with E-state index in [0.29, 0.717) is 0 Å². The van der Waals surface area contributed by atoms with Crippen molar-refractivity contribution in [2.75, 3.05) is 6.54 Å². The largest absolute Gasteiger partial charge is 0.346 e. The average Bonchev–Trinajstić information content (AvgIpc) is 2.40. The third-order valence-corrected chi connectivity index (χ3v) is 3.63. The number of rotatable bonds is 3. The number of benzene rings is 1. The van der Waals surface area contributed by atoms with Crippen LogP contribution in [-0.4, -0.2) is 18.5 Å². The van der Waals surface area contributed by atoms with Crippen LogP contribution >= 0.6 is 0 Å². The summed E-state index contributed by atoms with van der Waals surface area (Å²) in [7, 11) is 0. The van der Waals surface area contributed by atoms with Crippen molar-refractivity contribution in [2.24, 2.45) is 0 Å². The second kappa shape index (κ2) is 5.70. The maximum atomic E-state index is 12.9. The molecule has 2 N–H and O–H groups in total. The van der Waals surface area contributed by atoms with Crippen LogP contribution in [0.1, 0.15) is 38.7 Å². The van der Waals surface area contributed by atoms with Gasteiger partial charge >= 0.3 is 0 Å². The van der Waals surface area contributed by atoms with E-state index in [1.54, 1.807) is 12.1 Å². The zero-order valence-electron chi connectivity index (χ0n) is 11.5. The van der Waals surface area contributed by atoms with Crippen LogP contribution in [0.5, 0.6) is 0 Å². The lowest BCUT2D eigenvalue weighted by Crippen LogP contribution is -2.52. The molecule has 0 bridgehead atoms. The summed E-state index contributed by atoms with van der Waals surface area (Å²) in [6, 6.07) is 6.16. The highest BCUT2D eigenvalue weighted by molar-refractivity contribution is 5.82. The van der Waals surface area contributed by atoms with E-state index in [2.05, 4.69) is 10.6 Å². The molecule has 1 atom stereocenters. The number of nitrogens with one attached hydrogen (secondary N) is 2. The molecule has 0 aliphatic carbocycles. The summed E-state index contributed by atoms with van der Waals surface area (Å²) in [5, 5.41) is 6.27. The van der Waals surface area contributed by atoms with Crippen molar-refractivity contribution in [1.82, 2.24) is 10.6 Å². The molecular weight excluding hydrogens is 243 g/mol. The molecular formula is C15H21FN2O. The molecule has 1 aromatic carbocycles. The molecule has 0 saturated carbocycles. The molecule has 3 nitrogen and oxygen atoms in total. The fourth-order valence-electron chi connectivity index (χ4n) is 2.41. The van der Waals surface area contributed by atoms with E-state index in [0.717, 1.165) is 31.4 Å². The third-order valence-electron chi connectivity index (χ3n) is 3.63. The van der Waals surface area contributed by atoms with Gasteiger partial charge in [0, 0.05) is 0 Å². The summed E-state index contributed by atoms with van der Waals surface area (Å²) in [5.74, 6) is -0.242. The van der Waals surface area contributed by atoms with Crippen LogP contribution in [0, 0.1) is 5.82 Å². The van der Waals surface area contributed by atoms with Gasteiger partial charge in [-0.25, -0.2) is 4.39 Å². The van der Waals surface area contributed by atoms with E-state index in [4.69, 9.17) is 0 Å². The fraction of sp³-hybridized carbons (Fsp3) is 0.533. The summed E-state index contributed by atoms with van der Waals surface area (Å²) in [6.45, 7) is 4.76. The molecule has 1 aliphatic rings. The van der Waals surface area contributed by atoms with Gasteiger partial charge in [0.15, 0.2) is 0 Å². The van der Waals surface area contributed by atoms with E-state index in [1.165, 1.54) is 12.1 Å². The standard InChI is InChI=1S/C15H21FN2O/c1-15(2,11-6-8-12(16)9-7-11)18-14(19)13-5-3-4-10-17-13/h6-9,13,17H,3-5,10H2,1-2H3,(H,18,19). The smallest absolute Gasteiger partial charge is 0.237 e. The molecule has 0 radical (unpaired) electrons. The van der Waals surface area contributed by atoms with Gasteiger partial charge in [0.25, 0.3) is 0 Å². The number of carbonyl (C=O) groups is 1. The molecule has 0 aromatic heterocycles. The maximum Gasteiger partial charge on any atom is 0.237 e. The topological polar surface area (TPSA) is 41.1 Å². The molecule has 19 heavy (non-hydrogen) atoms. The molecule has 1 heterocycles. The Kier molecular flexibility index (Phi) is 4.20. The van der Waals surface area contributed by atoms with Gasteiger partial charge < -0.3 is 10.6 Å². The minimum Gasteiger partial charge on any atom is -0.346 e. The molecule has 4 heteroatoms. The van der Waals surface area contributed by atoms with E-state index in [1.807, 2.05) is 13.8 Å². The zero-order valence-corrected chi connectivity index (χ0v) is 11.5. The minimum atomic E-state index is -0.496. The van der Waals surface area contributed by atoms with Crippen molar-refractivity contribution in [1.29, 1.82) is 0 Å². The number of halogens is 1. The van der Waals surface area contributed by atoms with Crippen molar-refractivity contribution >= 4 is 5.91 Å². The molecule has 2 rings (SSSR count). The highest BCUT2D eigenvalue weighted by Gasteiger charge is 2.27. The minimum absolute atomic E-state index is 0.0222. The number of piperidine rings is 1. The van der Waals surface area contributed by atoms with E-state index in [-0.39, 0.29) is 17.8 Å². The highest BCUT2D eigenvalue weighted by atomic mass is 19.1. The molecule has 1 fully saturated rings. The summed E-state index contributed by atoms with van der Waals surface area (Å²) in [4.78, 5) is 12.2. The van der Waals surface area contributed by atoms with Crippen LogP contribution in [0.15, 0.2) is 24.3 Å². The quantitative estimate of drug-likeness (QED) is 0.879. The second-order valence-electron chi connectivity index (χ2n) is 5.62. The van der Waals surface area contributed by atoms with Crippen molar-refractivity contribution in [3.05, 3.63) is 35.6 Å². The van der Waals surface area contributed by atoms with E-state index >= 15 is 0 Å². The number of amides is 1. The molecule has 1 aromatic rings. The van der Waals surface area contributed by atoms with Crippen molar-refractivity contribution < 1.29 is 9.18 Å². The van der Waals surface area contributed by atoms with Crippen LogP contribution < -0.4 is 10.6 Å². The number of hydrogen-bond acceptors (Lipinski definition) is 2. The van der Waals surface area contributed by atoms with Crippen LogP contribution in [0.3, 0.4) is 0 Å². The predicted octanol–water partition coefficient (Wildman–Crippen LogP) is 2.32. The summed E-state index contributed by atoms with van der Waals surface area (Å²) in [6.07, 6.45) is 3.10. The molecule has 1 unspecified atom stereocenters. The second-order valence-corrected chi connectivity index (χ2v) is 5.62. The Balaban J connectivity index is 2.03. The maximum absolute atomic E-state index is 12.9. The van der Waals surface area contributed by atoms with Gasteiger partial charge in [-0.3, -0.25) is 4.79 Å². The lowest BCUT2D eigenvalue weighted by molar-refractivity contribution is -0.125. The first-order valence-electron chi connectivity index (χ1n) is 6.80. The fourth-order valence-corrected chi connectivity index (χ4v) is 2.41. The van der Waals surface area contributed by atoms with Gasteiger partial charge in [-0.15, -0.1) is 0 Å². The summed E-state index contributed by atoms with van der Waals surface area (Å²) >= 11 is 0. The van der Waals surface area contributed by atoms with Gasteiger partial charge in [-0.2, -0.15) is 0 Å². The Morgan fingerprint density at radius 3 is 2.58 bits per heavy atom. The Bertz CT molecular complexity index is 436. The monoisotopic (exact) mass is 264 g/mol. The van der Waals surface area contributed by atoms with Gasteiger partial charge in [0.2, 0.25) is 5.91 Å². The molecule has 1 amide bonds. The summed E-state index contributed by atoms with van der Waals surface area (Å²) in [5.41, 5.74) is 0.405. The van der Waals surface area contributed by atoms with Crippen molar-refractivity contribution in [2.45, 2.75) is 44.7 Å². The van der Waals surface area contributed by atoms with Gasteiger partial charge in [0.1, 0.15) is 5.82 Å². The Labute approximate surface area is 113 Å². The Morgan fingerprint density at radius 1 is 1.32 bits per heavy atom. The zero-order chi connectivity index (χ0) is 13.9. The van der Waals surface area contributed by atoms with Crippen molar-refractivity contribution in [3.63, 3.8) is 0 Å². The third kappa shape index (κ3) is 3.53. The lowest BCUT2D eigenvalue weighted by atomic mass is 9.93. The van der Waals surface area contributed by atoms with E-state index in [9.17, 15) is 9.18 Å². The molecule has 104 valence electrons. The molecule has 0 spiro atoms. The Morgan fingerprint density at radius 2 is 2.00 bits per heavy atom. The van der Waals surface area contributed by atoms with Crippen molar-refractivity contribution in [3.8, 4) is 0 Å². The molecule has 1 aliphatic heterocycles. The number of hydrogen-bond donors (Lipinski definition) is 2. The average molecular weight is 264 g/mol. The van der Waals surface area contributed by atoms with Crippen LogP contribution in [-0.2, 0) is 10.3 Å². The van der Waals surface area contributed by atoms with Gasteiger partial charge in [0.05, 0.1) is 11.6 Å². The van der Waals surface area contributed by atoms with Gasteiger partial charge in [-0.1, -0.05) is 18.6 Å². The predicted molar refractivity (Wildman–Crippen MR) is 73.2 cm³/mol. The van der Waals surface area contributed by atoms with Gasteiger partial charge in [-0.05, 0) is 50.9 Å². The first-order chi connectivity index (χ1) is 8.99. The summed E-state index contributed by atoms with van der Waals surface area (Å²) < 4.78 is 12.9. The van der Waals surface area contributed by atoms with Crippen LogP contribution in [0.25, 0.3) is 0 Å². The van der Waals surface area contributed by atoms with Crippen LogP contribution in [0.2, 0.25) is 0 Å². The number of carbonyl (C=O) groups excluding carboxylic acids is 1. The molecule has 1 saturated heterocycles. The first kappa shape index (κ1) is 14.0. The van der Waals surface area contributed by atoms with E-state index < -0.39 is 5.54 Å². The lowest BCUT2D eigenvalue weighted by Gasteiger charge is -2.31. The highest BCUT2D eigenvalue weighted by Crippen LogP contribution is 2.21. The normalized spacial score (nSPS) is 20.1.